The number of benzene rings is 1. The number of aromatic nitrogens is 2. The highest BCUT2D eigenvalue weighted by Crippen LogP contribution is 2.24. The molecule has 0 N–H and O–H groups in total. The summed E-state index contributed by atoms with van der Waals surface area (Å²) in [5.41, 5.74) is 2.27. The summed E-state index contributed by atoms with van der Waals surface area (Å²) in [4.78, 5) is 12.2. The van der Waals surface area contributed by atoms with Gasteiger partial charge < -0.3 is 14.2 Å². The Labute approximate surface area is 164 Å². The van der Waals surface area contributed by atoms with Gasteiger partial charge in [0, 0.05) is 12.2 Å². The molecule has 27 heavy (non-hydrogen) atoms. The number of hydrogen-bond donors (Lipinski definition) is 0. The van der Waals surface area contributed by atoms with Gasteiger partial charge in [-0.1, -0.05) is 29.8 Å². The lowest BCUT2D eigenvalue weighted by molar-refractivity contribution is -0.160. The number of carbonyl (C=O) groups excluding carboxylic acids is 1. The number of hydrogen-bond acceptors (Lipinski definition) is 5. The van der Waals surface area contributed by atoms with Crippen LogP contribution in [-0.4, -0.2) is 41.2 Å². The quantitative estimate of drug-likeness (QED) is 0.669. The van der Waals surface area contributed by atoms with Gasteiger partial charge in [0.1, 0.15) is 11.8 Å². The molecule has 0 radical (unpaired) electrons. The van der Waals surface area contributed by atoms with Crippen molar-refractivity contribution >= 4 is 17.6 Å². The van der Waals surface area contributed by atoms with Gasteiger partial charge in [0.2, 0.25) is 0 Å². The van der Waals surface area contributed by atoms with E-state index in [1.165, 1.54) is 0 Å². The van der Waals surface area contributed by atoms with E-state index in [1.807, 2.05) is 37.3 Å². The first-order valence-electron chi connectivity index (χ1n) is 9.25. The molecule has 0 spiro atoms. The number of nitrogens with zero attached hydrogens (tertiary/aromatic N) is 2. The van der Waals surface area contributed by atoms with Crippen molar-refractivity contribution in [1.82, 2.24) is 9.78 Å². The molecule has 1 saturated heterocycles. The standard InChI is InChI=1S/C20H25ClN2O4/c1-14-18(19(21)23(22-14)16-8-4-3-5-9-16)13-27-20(24)15(2)26-12-17-10-6-7-11-25-17/h3-5,8-9,15,17H,6-7,10-13H2,1-2H3. The number of esters is 1. The molecule has 1 aliphatic rings. The molecule has 1 aromatic heterocycles. The molecular formula is C20H25ClN2O4. The topological polar surface area (TPSA) is 62.6 Å². The molecule has 0 amide bonds. The summed E-state index contributed by atoms with van der Waals surface area (Å²) in [6, 6.07) is 9.58. The van der Waals surface area contributed by atoms with E-state index in [9.17, 15) is 4.79 Å². The average molecular weight is 393 g/mol. The summed E-state index contributed by atoms with van der Waals surface area (Å²) >= 11 is 6.45. The van der Waals surface area contributed by atoms with E-state index in [0.29, 0.717) is 17.3 Å². The maximum atomic E-state index is 12.2. The van der Waals surface area contributed by atoms with E-state index in [0.717, 1.165) is 37.3 Å². The summed E-state index contributed by atoms with van der Waals surface area (Å²) in [6.07, 6.45) is 2.60. The predicted molar refractivity (Wildman–Crippen MR) is 102 cm³/mol. The normalized spacial score (nSPS) is 18.3. The molecule has 146 valence electrons. The van der Waals surface area contributed by atoms with Crippen molar-refractivity contribution in [3.05, 3.63) is 46.7 Å². The molecule has 1 fully saturated rings. The minimum atomic E-state index is -0.654. The number of aryl methyl sites for hydroxylation is 1. The monoisotopic (exact) mass is 392 g/mol. The smallest absolute Gasteiger partial charge is 0.335 e. The largest absolute Gasteiger partial charge is 0.459 e. The third-order valence-corrected chi connectivity index (χ3v) is 5.01. The number of ether oxygens (including phenoxy) is 3. The fourth-order valence-electron chi connectivity index (χ4n) is 2.95. The van der Waals surface area contributed by atoms with Crippen molar-refractivity contribution in [2.75, 3.05) is 13.2 Å². The predicted octanol–water partition coefficient (Wildman–Crippen LogP) is 3.85. The van der Waals surface area contributed by atoms with Crippen LogP contribution in [0.2, 0.25) is 5.15 Å². The van der Waals surface area contributed by atoms with Crippen molar-refractivity contribution in [2.24, 2.45) is 0 Å². The lowest BCUT2D eigenvalue weighted by atomic mass is 10.1. The Balaban J connectivity index is 1.54. The van der Waals surface area contributed by atoms with Gasteiger partial charge in [-0.25, -0.2) is 9.48 Å². The van der Waals surface area contributed by atoms with Crippen molar-refractivity contribution in [3.63, 3.8) is 0 Å². The van der Waals surface area contributed by atoms with Crippen LogP contribution in [-0.2, 0) is 25.6 Å². The SMILES string of the molecule is Cc1nn(-c2ccccc2)c(Cl)c1COC(=O)C(C)OCC1CCCCO1. The molecule has 3 rings (SSSR count). The summed E-state index contributed by atoms with van der Waals surface area (Å²) in [6.45, 7) is 4.75. The van der Waals surface area contributed by atoms with Gasteiger partial charge in [-0.2, -0.15) is 5.10 Å². The van der Waals surface area contributed by atoms with Crippen LogP contribution in [0.25, 0.3) is 5.69 Å². The van der Waals surface area contributed by atoms with Crippen LogP contribution < -0.4 is 0 Å². The molecule has 0 aliphatic carbocycles. The van der Waals surface area contributed by atoms with Crippen molar-refractivity contribution in [3.8, 4) is 5.69 Å². The second-order valence-electron chi connectivity index (χ2n) is 6.67. The van der Waals surface area contributed by atoms with Crippen LogP contribution in [0.15, 0.2) is 30.3 Å². The Morgan fingerprint density at radius 2 is 2.15 bits per heavy atom. The minimum absolute atomic E-state index is 0.0595. The Kier molecular flexibility index (Phi) is 6.88. The first-order chi connectivity index (χ1) is 13.1. The second-order valence-corrected chi connectivity index (χ2v) is 7.03. The number of rotatable bonds is 7. The highest BCUT2D eigenvalue weighted by atomic mass is 35.5. The molecule has 2 unspecified atom stereocenters. The molecule has 1 aromatic carbocycles. The van der Waals surface area contributed by atoms with Crippen molar-refractivity contribution < 1.29 is 19.0 Å². The zero-order valence-corrected chi connectivity index (χ0v) is 16.4. The Morgan fingerprint density at radius 1 is 1.37 bits per heavy atom. The molecule has 2 atom stereocenters. The van der Waals surface area contributed by atoms with E-state index < -0.39 is 12.1 Å². The third kappa shape index (κ3) is 5.09. The van der Waals surface area contributed by atoms with E-state index in [2.05, 4.69) is 5.10 Å². The minimum Gasteiger partial charge on any atom is -0.459 e. The molecule has 2 aromatic rings. The molecule has 6 nitrogen and oxygen atoms in total. The highest BCUT2D eigenvalue weighted by molar-refractivity contribution is 6.30. The first kappa shape index (κ1) is 19.9. The molecule has 1 aliphatic heterocycles. The molecular weight excluding hydrogens is 368 g/mol. The zero-order chi connectivity index (χ0) is 19.2. The maximum absolute atomic E-state index is 12.2. The van der Waals surface area contributed by atoms with Gasteiger partial charge in [0.25, 0.3) is 0 Å². The van der Waals surface area contributed by atoms with Crippen LogP contribution in [0.3, 0.4) is 0 Å². The maximum Gasteiger partial charge on any atom is 0.335 e. The number of halogens is 1. The van der Waals surface area contributed by atoms with Crippen LogP contribution in [0.4, 0.5) is 0 Å². The summed E-state index contributed by atoms with van der Waals surface area (Å²) < 4.78 is 18.3. The van der Waals surface area contributed by atoms with Gasteiger partial charge in [0.15, 0.2) is 6.10 Å². The molecule has 0 bridgehead atoms. The number of carbonyl (C=O) groups is 1. The van der Waals surface area contributed by atoms with Gasteiger partial charge >= 0.3 is 5.97 Å². The Hall–Kier alpha value is -1.89. The zero-order valence-electron chi connectivity index (χ0n) is 15.7. The van der Waals surface area contributed by atoms with Crippen LogP contribution in [0, 0.1) is 6.92 Å². The highest BCUT2D eigenvalue weighted by Gasteiger charge is 2.22. The molecule has 7 heteroatoms. The van der Waals surface area contributed by atoms with E-state index in [4.69, 9.17) is 25.8 Å². The van der Waals surface area contributed by atoms with E-state index >= 15 is 0 Å². The van der Waals surface area contributed by atoms with Crippen LogP contribution in [0.1, 0.15) is 37.4 Å². The second kappa shape index (κ2) is 9.35. The summed E-state index contributed by atoms with van der Waals surface area (Å²) in [7, 11) is 0. The molecule has 2 heterocycles. The summed E-state index contributed by atoms with van der Waals surface area (Å²) in [5, 5.41) is 4.89. The summed E-state index contributed by atoms with van der Waals surface area (Å²) in [5.74, 6) is -0.422. The Morgan fingerprint density at radius 3 is 2.85 bits per heavy atom. The first-order valence-corrected chi connectivity index (χ1v) is 9.63. The lowest BCUT2D eigenvalue weighted by Crippen LogP contribution is -2.30. The van der Waals surface area contributed by atoms with Gasteiger partial charge in [-0.3, -0.25) is 0 Å². The average Bonchev–Trinajstić information content (AvgIpc) is 2.99. The van der Waals surface area contributed by atoms with Crippen molar-refractivity contribution in [2.45, 2.75) is 51.9 Å². The Bertz CT molecular complexity index is 757. The van der Waals surface area contributed by atoms with Gasteiger partial charge in [-0.05, 0) is 45.2 Å². The lowest BCUT2D eigenvalue weighted by Gasteiger charge is -2.23. The van der Waals surface area contributed by atoms with Crippen molar-refractivity contribution in [1.29, 1.82) is 0 Å². The van der Waals surface area contributed by atoms with E-state index in [-0.39, 0.29) is 12.7 Å². The fourth-order valence-corrected chi connectivity index (χ4v) is 3.28. The van der Waals surface area contributed by atoms with Gasteiger partial charge in [-0.15, -0.1) is 0 Å². The van der Waals surface area contributed by atoms with E-state index in [1.54, 1.807) is 11.6 Å². The number of para-hydroxylation sites is 1. The van der Waals surface area contributed by atoms with Crippen LogP contribution in [0.5, 0.6) is 0 Å². The van der Waals surface area contributed by atoms with Crippen LogP contribution >= 0.6 is 11.6 Å². The van der Waals surface area contributed by atoms with Gasteiger partial charge in [0.05, 0.1) is 24.1 Å². The fraction of sp³-hybridized carbons (Fsp3) is 0.500. The third-order valence-electron chi connectivity index (χ3n) is 4.62. The molecule has 0 saturated carbocycles.